The number of fused-ring (bicyclic) bond motifs is 1. The number of aromatic nitrogens is 2. The number of nitrogens with zero attached hydrogens (tertiary/aromatic N) is 2. The van der Waals surface area contributed by atoms with E-state index in [2.05, 4.69) is 27.9 Å². The van der Waals surface area contributed by atoms with E-state index in [0.717, 1.165) is 39.7 Å². The van der Waals surface area contributed by atoms with E-state index in [1.54, 1.807) is 0 Å². The molecule has 0 atom stereocenters. The van der Waals surface area contributed by atoms with Crippen molar-refractivity contribution in [3.63, 3.8) is 0 Å². The van der Waals surface area contributed by atoms with E-state index in [1.807, 2.05) is 42.5 Å². The van der Waals surface area contributed by atoms with Gasteiger partial charge in [0.1, 0.15) is 0 Å². The van der Waals surface area contributed by atoms with Gasteiger partial charge in [-0.3, -0.25) is 4.79 Å². The molecule has 4 nitrogen and oxygen atoms in total. The monoisotopic (exact) mass is 373 g/mol. The number of para-hydroxylation sites is 2. The van der Waals surface area contributed by atoms with Gasteiger partial charge in [-0.05, 0) is 43.2 Å². The zero-order valence-corrected chi connectivity index (χ0v) is 15.6. The molecule has 1 N–H and O–H groups in total. The zero-order valence-electron chi connectivity index (χ0n) is 14.0. The van der Waals surface area contributed by atoms with Gasteiger partial charge in [0.15, 0.2) is 5.16 Å². The summed E-state index contributed by atoms with van der Waals surface area (Å²) in [5.74, 6) is 0.387. The largest absolute Gasteiger partial charge is 0.355 e. The highest BCUT2D eigenvalue weighted by molar-refractivity contribution is 7.99. The van der Waals surface area contributed by atoms with Crippen LogP contribution in [0.15, 0.2) is 53.7 Å². The first-order chi connectivity index (χ1) is 12.2. The van der Waals surface area contributed by atoms with Crippen LogP contribution in [-0.2, 0) is 17.8 Å². The highest BCUT2D eigenvalue weighted by Gasteiger charge is 2.11. The number of benzene rings is 2. The molecule has 1 aromatic heterocycles. The summed E-state index contributed by atoms with van der Waals surface area (Å²) in [4.78, 5) is 16.7. The number of nitrogens with one attached hydrogen (secondary N) is 1. The van der Waals surface area contributed by atoms with E-state index in [4.69, 9.17) is 11.6 Å². The SMILES string of the molecule is CCn1c(SCC(=O)NCCc2ccc(Cl)cc2)nc2ccccc21. The van der Waals surface area contributed by atoms with Gasteiger partial charge in [-0.1, -0.05) is 47.6 Å². The fourth-order valence-electron chi connectivity index (χ4n) is 2.65. The number of rotatable bonds is 7. The molecular weight excluding hydrogens is 354 g/mol. The lowest BCUT2D eigenvalue weighted by molar-refractivity contribution is -0.118. The molecule has 25 heavy (non-hydrogen) atoms. The summed E-state index contributed by atoms with van der Waals surface area (Å²) in [7, 11) is 0. The predicted molar refractivity (Wildman–Crippen MR) is 104 cm³/mol. The molecule has 0 aliphatic rings. The maximum Gasteiger partial charge on any atom is 0.230 e. The summed E-state index contributed by atoms with van der Waals surface area (Å²) in [6, 6.07) is 15.7. The first-order valence-electron chi connectivity index (χ1n) is 8.26. The molecule has 0 fully saturated rings. The van der Waals surface area contributed by atoms with Crippen LogP contribution in [-0.4, -0.2) is 27.8 Å². The van der Waals surface area contributed by atoms with Crippen LogP contribution in [0.25, 0.3) is 11.0 Å². The molecular formula is C19H20ClN3OS. The van der Waals surface area contributed by atoms with Crippen LogP contribution in [0.1, 0.15) is 12.5 Å². The summed E-state index contributed by atoms with van der Waals surface area (Å²) < 4.78 is 2.14. The Morgan fingerprint density at radius 2 is 1.96 bits per heavy atom. The van der Waals surface area contributed by atoms with Crippen LogP contribution < -0.4 is 5.32 Å². The van der Waals surface area contributed by atoms with E-state index < -0.39 is 0 Å². The molecule has 0 saturated carbocycles. The lowest BCUT2D eigenvalue weighted by Crippen LogP contribution is -2.27. The molecule has 0 aliphatic heterocycles. The number of aryl methyl sites for hydroxylation is 1. The van der Waals surface area contributed by atoms with Crippen LogP contribution in [0.5, 0.6) is 0 Å². The minimum absolute atomic E-state index is 0.0219. The minimum Gasteiger partial charge on any atom is -0.355 e. The third-order valence-electron chi connectivity index (χ3n) is 3.92. The van der Waals surface area contributed by atoms with E-state index in [0.29, 0.717) is 12.3 Å². The van der Waals surface area contributed by atoms with Crippen LogP contribution in [0.2, 0.25) is 5.02 Å². The van der Waals surface area contributed by atoms with Gasteiger partial charge in [0.25, 0.3) is 0 Å². The predicted octanol–water partition coefficient (Wildman–Crippen LogP) is 4.16. The summed E-state index contributed by atoms with van der Waals surface area (Å²) >= 11 is 7.35. The second kappa shape index (κ2) is 8.41. The van der Waals surface area contributed by atoms with E-state index in [1.165, 1.54) is 11.8 Å². The van der Waals surface area contributed by atoms with Gasteiger partial charge in [-0.2, -0.15) is 0 Å². The molecule has 1 amide bonds. The number of carbonyl (C=O) groups is 1. The fraction of sp³-hybridized carbons (Fsp3) is 0.263. The van der Waals surface area contributed by atoms with Crippen molar-refractivity contribution in [1.82, 2.24) is 14.9 Å². The van der Waals surface area contributed by atoms with Crippen LogP contribution >= 0.6 is 23.4 Å². The molecule has 0 bridgehead atoms. The number of hydrogen-bond donors (Lipinski definition) is 1. The number of halogens is 1. The molecule has 6 heteroatoms. The van der Waals surface area contributed by atoms with Gasteiger partial charge in [-0.25, -0.2) is 4.98 Å². The molecule has 1 heterocycles. The number of amides is 1. The second-order valence-electron chi connectivity index (χ2n) is 5.64. The summed E-state index contributed by atoms with van der Waals surface area (Å²) in [6.45, 7) is 3.54. The third-order valence-corrected chi connectivity index (χ3v) is 5.15. The molecule has 130 valence electrons. The van der Waals surface area contributed by atoms with Crippen molar-refractivity contribution < 1.29 is 4.79 Å². The normalized spacial score (nSPS) is 11.0. The molecule has 3 rings (SSSR count). The molecule has 0 unspecified atom stereocenters. The van der Waals surface area contributed by atoms with Crippen LogP contribution in [0.4, 0.5) is 0 Å². The Labute approximate surface area is 156 Å². The topological polar surface area (TPSA) is 46.9 Å². The average molecular weight is 374 g/mol. The van der Waals surface area contributed by atoms with Crippen molar-refractivity contribution in [3.8, 4) is 0 Å². The molecule has 3 aromatic rings. The Kier molecular flexibility index (Phi) is 6.00. The van der Waals surface area contributed by atoms with Crippen molar-refractivity contribution in [2.75, 3.05) is 12.3 Å². The number of hydrogen-bond acceptors (Lipinski definition) is 3. The number of imidazole rings is 1. The van der Waals surface area contributed by atoms with Crippen molar-refractivity contribution in [3.05, 3.63) is 59.1 Å². The van der Waals surface area contributed by atoms with Gasteiger partial charge in [0.05, 0.1) is 16.8 Å². The Hall–Kier alpha value is -1.98. The van der Waals surface area contributed by atoms with Crippen molar-refractivity contribution in [2.24, 2.45) is 0 Å². The lowest BCUT2D eigenvalue weighted by atomic mass is 10.1. The fourth-order valence-corrected chi connectivity index (χ4v) is 3.68. The second-order valence-corrected chi connectivity index (χ2v) is 7.02. The molecule has 0 radical (unpaired) electrons. The Balaban J connectivity index is 1.51. The van der Waals surface area contributed by atoms with Gasteiger partial charge < -0.3 is 9.88 Å². The molecule has 0 aliphatic carbocycles. The van der Waals surface area contributed by atoms with Crippen LogP contribution in [0, 0.1) is 0 Å². The van der Waals surface area contributed by atoms with E-state index >= 15 is 0 Å². The maximum absolute atomic E-state index is 12.1. The summed E-state index contributed by atoms with van der Waals surface area (Å²) in [5, 5.41) is 4.57. The van der Waals surface area contributed by atoms with Crippen molar-refractivity contribution >= 4 is 40.3 Å². The van der Waals surface area contributed by atoms with Gasteiger partial charge in [-0.15, -0.1) is 0 Å². The van der Waals surface area contributed by atoms with Crippen LogP contribution in [0.3, 0.4) is 0 Å². The zero-order chi connectivity index (χ0) is 17.6. The smallest absolute Gasteiger partial charge is 0.230 e. The molecule has 0 spiro atoms. The third kappa shape index (κ3) is 4.55. The standard InChI is InChI=1S/C19H20ClN3OS/c1-2-23-17-6-4-3-5-16(17)22-19(23)25-13-18(24)21-12-11-14-7-9-15(20)10-8-14/h3-10H,2,11-13H2,1H3,(H,21,24). The Bertz CT molecular complexity index is 861. The highest BCUT2D eigenvalue weighted by atomic mass is 35.5. The van der Waals surface area contributed by atoms with Gasteiger partial charge in [0, 0.05) is 18.1 Å². The Morgan fingerprint density at radius 1 is 1.20 bits per heavy atom. The maximum atomic E-state index is 12.1. The summed E-state index contributed by atoms with van der Waals surface area (Å²) in [6.07, 6.45) is 0.793. The van der Waals surface area contributed by atoms with Crippen molar-refractivity contribution in [2.45, 2.75) is 25.0 Å². The Morgan fingerprint density at radius 3 is 2.72 bits per heavy atom. The number of carbonyl (C=O) groups excluding carboxylic acids is 1. The summed E-state index contributed by atoms with van der Waals surface area (Å²) in [5.41, 5.74) is 3.23. The van der Waals surface area contributed by atoms with E-state index in [9.17, 15) is 4.79 Å². The van der Waals surface area contributed by atoms with E-state index in [-0.39, 0.29) is 5.91 Å². The van der Waals surface area contributed by atoms with Gasteiger partial charge >= 0.3 is 0 Å². The van der Waals surface area contributed by atoms with Crippen molar-refractivity contribution in [1.29, 1.82) is 0 Å². The average Bonchev–Trinajstić information content (AvgIpc) is 2.99. The van der Waals surface area contributed by atoms with Gasteiger partial charge in [0.2, 0.25) is 5.91 Å². The molecule has 0 saturated heterocycles. The minimum atomic E-state index is 0.0219. The number of thioether (sulfide) groups is 1. The first kappa shape index (κ1) is 17.8. The quantitative estimate of drug-likeness (QED) is 0.632. The lowest BCUT2D eigenvalue weighted by Gasteiger charge is -2.07. The highest BCUT2D eigenvalue weighted by Crippen LogP contribution is 2.23. The first-order valence-corrected chi connectivity index (χ1v) is 9.63. The molecule has 2 aromatic carbocycles.